The van der Waals surface area contributed by atoms with Gasteiger partial charge in [-0.2, -0.15) is 0 Å². The predicted molar refractivity (Wildman–Crippen MR) is 76.0 cm³/mol. The van der Waals surface area contributed by atoms with Gasteiger partial charge in [-0.3, -0.25) is 14.5 Å². The van der Waals surface area contributed by atoms with E-state index in [2.05, 4.69) is 4.74 Å². The molecule has 2 rings (SSSR count). The molecule has 0 saturated heterocycles. The topological polar surface area (TPSA) is 72.9 Å². The van der Waals surface area contributed by atoms with E-state index in [1.54, 1.807) is 19.1 Å². The summed E-state index contributed by atoms with van der Waals surface area (Å²) in [6.45, 7) is 1.38. The average Bonchev–Trinajstić information content (AvgIpc) is 2.51. The van der Waals surface area contributed by atoms with Crippen LogP contribution in [0.3, 0.4) is 0 Å². The summed E-state index contributed by atoms with van der Waals surface area (Å²) >= 11 is 5.53. The summed E-state index contributed by atoms with van der Waals surface area (Å²) in [4.78, 5) is 36.7. The highest BCUT2D eigenvalue weighted by Crippen LogP contribution is 2.34. The van der Waals surface area contributed by atoms with Gasteiger partial charge in [0.15, 0.2) is 12.4 Å². The van der Waals surface area contributed by atoms with E-state index >= 15 is 0 Å². The quantitative estimate of drug-likeness (QED) is 0.477. The van der Waals surface area contributed by atoms with Crippen LogP contribution >= 0.6 is 11.6 Å². The minimum atomic E-state index is -0.813. The van der Waals surface area contributed by atoms with E-state index in [-0.39, 0.29) is 24.2 Å². The van der Waals surface area contributed by atoms with Crippen molar-refractivity contribution in [2.75, 3.05) is 24.5 Å². The maximum absolute atomic E-state index is 12.1. The molecular weight excluding hydrogens is 298 g/mol. The Morgan fingerprint density at radius 1 is 1.48 bits per heavy atom. The summed E-state index contributed by atoms with van der Waals surface area (Å²) in [5, 5.41) is 0. The minimum absolute atomic E-state index is 0.167. The molecule has 112 valence electrons. The number of esters is 1. The third-order valence-corrected chi connectivity index (χ3v) is 3.45. The Balaban J connectivity index is 2.47. The number of ether oxygens (including phenoxy) is 2. The fourth-order valence-electron chi connectivity index (χ4n) is 2.12. The number of fused-ring (bicyclic) bond motifs is 1. The summed E-state index contributed by atoms with van der Waals surface area (Å²) in [5.74, 6) is -0.944. The van der Waals surface area contributed by atoms with Crippen LogP contribution in [0.2, 0.25) is 0 Å². The van der Waals surface area contributed by atoms with Gasteiger partial charge in [-0.05, 0) is 25.1 Å². The number of Topliss-reactive ketones (excluding diaryl/α,β-unsaturated/α-hetero) is 1. The molecule has 0 bridgehead atoms. The first-order valence-corrected chi connectivity index (χ1v) is 6.79. The first-order valence-electron chi connectivity index (χ1n) is 6.25. The molecule has 0 aromatic heterocycles. The molecule has 1 aromatic rings. The number of benzene rings is 1. The van der Waals surface area contributed by atoms with Gasteiger partial charge in [0, 0.05) is 5.56 Å². The molecular formula is C14H14ClNO5. The number of hydrogen-bond acceptors (Lipinski definition) is 5. The number of alkyl halides is 1. The Labute approximate surface area is 126 Å². The molecule has 0 saturated carbocycles. The number of amides is 1. The number of ketones is 1. The highest BCUT2D eigenvalue weighted by molar-refractivity contribution is 6.30. The first-order chi connectivity index (χ1) is 9.99. The van der Waals surface area contributed by atoms with Gasteiger partial charge in [0.1, 0.15) is 11.8 Å². The molecule has 0 aliphatic carbocycles. The number of methoxy groups -OCH3 is 1. The third-order valence-electron chi connectivity index (χ3n) is 3.21. The van der Waals surface area contributed by atoms with E-state index < -0.39 is 12.0 Å². The van der Waals surface area contributed by atoms with Crippen LogP contribution in [0, 0.1) is 0 Å². The summed E-state index contributed by atoms with van der Waals surface area (Å²) in [7, 11) is 1.25. The van der Waals surface area contributed by atoms with Crippen LogP contribution in [0.5, 0.6) is 5.75 Å². The summed E-state index contributed by atoms with van der Waals surface area (Å²) in [6.07, 6.45) is 0. The zero-order chi connectivity index (χ0) is 15.6. The Morgan fingerprint density at radius 3 is 2.81 bits per heavy atom. The molecule has 21 heavy (non-hydrogen) atoms. The summed E-state index contributed by atoms with van der Waals surface area (Å²) in [5.41, 5.74) is 0.712. The van der Waals surface area contributed by atoms with Crippen LogP contribution in [0.25, 0.3) is 0 Å². The van der Waals surface area contributed by atoms with Crippen LogP contribution in [-0.2, 0) is 14.3 Å². The SMILES string of the molecule is COC(=O)C(C)N1C(=O)COc2ccc(C(=O)CCl)cc21. The highest BCUT2D eigenvalue weighted by atomic mass is 35.5. The third kappa shape index (κ3) is 2.85. The molecule has 1 amide bonds. The fraction of sp³-hybridized carbons (Fsp3) is 0.357. The van der Waals surface area contributed by atoms with Gasteiger partial charge in [-0.1, -0.05) is 0 Å². The highest BCUT2D eigenvalue weighted by Gasteiger charge is 2.34. The molecule has 1 aromatic carbocycles. The zero-order valence-corrected chi connectivity index (χ0v) is 12.3. The average molecular weight is 312 g/mol. The van der Waals surface area contributed by atoms with Crippen molar-refractivity contribution in [1.82, 2.24) is 0 Å². The number of hydrogen-bond donors (Lipinski definition) is 0. The lowest BCUT2D eigenvalue weighted by atomic mass is 10.1. The van der Waals surface area contributed by atoms with E-state index in [0.29, 0.717) is 17.0 Å². The maximum Gasteiger partial charge on any atom is 0.328 e. The Hall–Kier alpha value is -2.08. The number of halogens is 1. The molecule has 1 unspecified atom stereocenters. The molecule has 1 aliphatic rings. The fourth-order valence-corrected chi connectivity index (χ4v) is 2.28. The van der Waals surface area contributed by atoms with Crippen LogP contribution in [0.4, 0.5) is 5.69 Å². The normalized spacial score (nSPS) is 15.0. The van der Waals surface area contributed by atoms with Crippen molar-refractivity contribution in [3.8, 4) is 5.75 Å². The molecule has 7 heteroatoms. The lowest BCUT2D eigenvalue weighted by Crippen LogP contribution is -2.48. The second kappa shape index (κ2) is 6.13. The summed E-state index contributed by atoms with van der Waals surface area (Å²) in [6, 6.07) is 3.83. The van der Waals surface area contributed by atoms with E-state index in [0.717, 1.165) is 0 Å². The smallest absolute Gasteiger partial charge is 0.328 e. The predicted octanol–water partition coefficient (Wildman–Crippen LogP) is 1.39. The molecule has 0 radical (unpaired) electrons. The van der Waals surface area contributed by atoms with Crippen molar-refractivity contribution in [1.29, 1.82) is 0 Å². The second-order valence-corrected chi connectivity index (χ2v) is 4.76. The first kappa shape index (κ1) is 15.3. The standard InChI is InChI=1S/C14H14ClNO5/c1-8(14(19)20-2)16-10-5-9(11(17)6-15)3-4-12(10)21-7-13(16)18/h3-5,8H,6-7H2,1-2H3. The Morgan fingerprint density at radius 2 is 2.19 bits per heavy atom. The van der Waals surface area contributed by atoms with Crippen molar-refractivity contribution >= 4 is 34.9 Å². The van der Waals surface area contributed by atoms with Crippen molar-refractivity contribution < 1.29 is 23.9 Å². The second-order valence-electron chi connectivity index (χ2n) is 4.49. The van der Waals surface area contributed by atoms with Crippen LogP contribution < -0.4 is 9.64 Å². The number of carbonyl (C=O) groups is 3. The Bertz CT molecular complexity index is 601. The largest absolute Gasteiger partial charge is 0.482 e. The van der Waals surface area contributed by atoms with Crippen molar-refractivity contribution in [2.24, 2.45) is 0 Å². The van der Waals surface area contributed by atoms with Crippen molar-refractivity contribution in [3.05, 3.63) is 23.8 Å². The van der Waals surface area contributed by atoms with Gasteiger partial charge in [-0.25, -0.2) is 4.79 Å². The van der Waals surface area contributed by atoms with Crippen molar-refractivity contribution in [2.45, 2.75) is 13.0 Å². The molecule has 1 atom stereocenters. The van der Waals surface area contributed by atoms with Gasteiger partial charge < -0.3 is 9.47 Å². The zero-order valence-electron chi connectivity index (χ0n) is 11.6. The summed E-state index contributed by atoms with van der Waals surface area (Å²) < 4.78 is 9.98. The van der Waals surface area contributed by atoms with Gasteiger partial charge in [0.2, 0.25) is 0 Å². The Kier molecular flexibility index (Phi) is 4.47. The van der Waals surface area contributed by atoms with Crippen LogP contribution in [-0.4, -0.2) is 43.3 Å². The van der Waals surface area contributed by atoms with E-state index in [9.17, 15) is 14.4 Å². The monoisotopic (exact) mass is 311 g/mol. The van der Waals surface area contributed by atoms with E-state index in [1.807, 2.05) is 0 Å². The molecule has 0 fully saturated rings. The van der Waals surface area contributed by atoms with E-state index in [1.165, 1.54) is 18.1 Å². The number of rotatable bonds is 4. The van der Waals surface area contributed by atoms with Gasteiger partial charge in [0.05, 0.1) is 18.7 Å². The van der Waals surface area contributed by atoms with Crippen molar-refractivity contribution in [3.63, 3.8) is 0 Å². The van der Waals surface area contributed by atoms with Gasteiger partial charge >= 0.3 is 5.97 Å². The van der Waals surface area contributed by atoms with Gasteiger partial charge in [0.25, 0.3) is 5.91 Å². The van der Waals surface area contributed by atoms with E-state index in [4.69, 9.17) is 16.3 Å². The van der Waals surface area contributed by atoms with Crippen LogP contribution in [0.15, 0.2) is 18.2 Å². The molecule has 1 heterocycles. The number of carbonyl (C=O) groups excluding carboxylic acids is 3. The van der Waals surface area contributed by atoms with Crippen LogP contribution in [0.1, 0.15) is 17.3 Å². The lowest BCUT2D eigenvalue weighted by Gasteiger charge is -2.32. The number of nitrogens with zero attached hydrogens (tertiary/aromatic N) is 1. The molecule has 0 spiro atoms. The minimum Gasteiger partial charge on any atom is -0.482 e. The van der Waals surface area contributed by atoms with Gasteiger partial charge in [-0.15, -0.1) is 11.6 Å². The lowest BCUT2D eigenvalue weighted by molar-refractivity contribution is -0.143. The molecule has 1 aliphatic heterocycles. The maximum atomic E-state index is 12.1. The molecule has 6 nitrogen and oxygen atoms in total. The number of anilines is 1. The molecule has 0 N–H and O–H groups in total.